The van der Waals surface area contributed by atoms with Crippen molar-refractivity contribution in [2.75, 3.05) is 33.0 Å². The average molecular weight is 409 g/mol. The first kappa shape index (κ1) is 21.3. The lowest BCUT2D eigenvalue weighted by molar-refractivity contribution is 0.0944. The Morgan fingerprint density at radius 2 is 1.78 bits per heavy atom. The molecular weight excluding hydrogens is 384 g/mol. The van der Waals surface area contributed by atoms with Gasteiger partial charge in [0.2, 0.25) is 10.0 Å². The van der Waals surface area contributed by atoms with Crippen molar-refractivity contribution in [1.29, 1.82) is 0 Å². The van der Waals surface area contributed by atoms with Crippen molar-refractivity contribution in [3.63, 3.8) is 0 Å². The van der Waals surface area contributed by atoms with Crippen molar-refractivity contribution in [1.82, 2.24) is 9.62 Å². The Kier molecular flexibility index (Phi) is 7.70. The van der Waals surface area contributed by atoms with Gasteiger partial charge in [0.1, 0.15) is 12.4 Å². The maximum absolute atomic E-state index is 12.3. The summed E-state index contributed by atoms with van der Waals surface area (Å²) in [6.07, 6.45) is 0. The van der Waals surface area contributed by atoms with Gasteiger partial charge in [-0.05, 0) is 42.2 Å². The van der Waals surface area contributed by atoms with Gasteiger partial charge in [0.05, 0.1) is 17.0 Å². The standard InChI is InChI=1S/C19H24N2O4S2/c1-4-26-18-8-6-5-7-17(18)19(22)20-13-14-25-15-9-11-16(12-10-15)27(23,24)21(2)3/h5-12H,4,13-14H2,1-3H3,(H,20,22). The second-order valence-electron chi connectivity index (χ2n) is 5.79. The topological polar surface area (TPSA) is 75.7 Å². The maximum Gasteiger partial charge on any atom is 0.252 e. The molecule has 0 spiro atoms. The van der Waals surface area contributed by atoms with Crippen LogP contribution in [0.1, 0.15) is 17.3 Å². The van der Waals surface area contributed by atoms with Crippen LogP contribution in [-0.2, 0) is 10.0 Å². The minimum absolute atomic E-state index is 0.137. The lowest BCUT2D eigenvalue weighted by atomic mass is 10.2. The van der Waals surface area contributed by atoms with Gasteiger partial charge in [0.25, 0.3) is 5.91 Å². The molecule has 0 aromatic heterocycles. The third-order valence-corrected chi connectivity index (χ3v) is 6.48. The number of nitrogens with zero attached hydrogens (tertiary/aromatic N) is 1. The van der Waals surface area contributed by atoms with Gasteiger partial charge < -0.3 is 10.1 Å². The molecule has 0 unspecified atom stereocenters. The summed E-state index contributed by atoms with van der Waals surface area (Å²) in [5.74, 6) is 1.30. The van der Waals surface area contributed by atoms with Gasteiger partial charge in [0, 0.05) is 19.0 Å². The smallest absolute Gasteiger partial charge is 0.252 e. The van der Waals surface area contributed by atoms with E-state index in [1.807, 2.05) is 25.1 Å². The fourth-order valence-corrected chi connectivity index (χ4v) is 3.99. The summed E-state index contributed by atoms with van der Waals surface area (Å²) in [5, 5.41) is 2.84. The van der Waals surface area contributed by atoms with Gasteiger partial charge in [-0.3, -0.25) is 4.79 Å². The highest BCUT2D eigenvalue weighted by molar-refractivity contribution is 7.99. The average Bonchev–Trinajstić information content (AvgIpc) is 2.66. The number of ether oxygens (including phenoxy) is 1. The van der Waals surface area contributed by atoms with Gasteiger partial charge in [-0.2, -0.15) is 0 Å². The number of nitrogens with one attached hydrogen (secondary N) is 1. The minimum atomic E-state index is -3.45. The van der Waals surface area contributed by atoms with E-state index in [0.29, 0.717) is 17.9 Å². The monoisotopic (exact) mass is 408 g/mol. The summed E-state index contributed by atoms with van der Waals surface area (Å²) in [4.78, 5) is 13.5. The van der Waals surface area contributed by atoms with Crippen LogP contribution in [0, 0.1) is 0 Å². The van der Waals surface area contributed by atoms with E-state index in [4.69, 9.17) is 4.74 Å². The zero-order chi connectivity index (χ0) is 19.9. The highest BCUT2D eigenvalue weighted by Gasteiger charge is 2.16. The quantitative estimate of drug-likeness (QED) is 0.510. The summed E-state index contributed by atoms with van der Waals surface area (Å²) in [5.41, 5.74) is 0.655. The highest BCUT2D eigenvalue weighted by Crippen LogP contribution is 2.22. The molecule has 8 heteroatoms. The molecule has 0 aliphatic rings. The molecule has 2 aromatic carbocycles. The van der Waals surface area contributed by atoms with Crippen molar-refractivity contribution >= 4 is 27.7 Å². The molecule has 1 N–H and O–H groups in total. The molecule has 1 amide bonds. The van der Waals surface area contributed by atoms with Gasteiger partial charge >= 0.3 is 0 Å². The number of carbonyl (C=O) groups excluding carboxylic acids is 1. The van der Waals surface area contributed by atoms with Crippen LogP contribution in [0.3, 0.4) is 0 Å². The van der Waals surface area contributed by atoms with Crippen molar-refractivity contribution in [3.8, 4) is 5.75 Å². The Hall–Kier alpha value is -2.03. The molecule has 0 aliphatic heterocycles. The number of rotatable bonds is 9. The number of carbonyl (C=O) groups is 1. The zero-order valence-corrected chi connectivity index (χ0v) is 17.3. The SMILES string of the molecule is CCSc1ccccc1C(=O)NCCOc1ccc(S(=O)(=O)N(C)C)cc1. The number of thioether (sulfide) groups is 1. The largest absolute Gasteiger partial charge is 0.492 e. The van der Waals surface area contributed by atoms with E-state index in [0.717, 1.165) is 15.0 Å². The predicted octanol–water partition coefficient (Wildman–Crippen LogP) is 2.86. The molecule has 0 bridgehead atoms. The summed E-state index contributed by atoms with van der Waals surface area (Å²) in [7, 11) is -0.479. The molecule has 0 aliphatic carbocycles. The molecule has 0 atom stereocenters. The number of benzene rings is 2. The van der Waals surface area contributed by atoms with Crippen LogP contribution in [0.5, 0.6) is 5.75 Å². The fraction of sp³-hybridized carbons (Fsp3) is 0.316. The lowest BCUT2D eigenvalue weighted by Gasteiger charge is -2.12. The molecule has 0 heterocycles. The van der Waals surface area contributed by atoms with Crippen LogP contribution in [-0.4, -0.2) is 51.6 Å². The lowest BCUT2D eigenvalue weighted by Crippen LogP contribution is -2.28. The Labute approximate surface area is 165 Å². The Balaban J connectivity index is 1.86. The van der Waals surface area contributed by atoms with E-state index in [1.165, 1.54) is 26.2 Å². The zero-order valence-electron chi connectivity index (χ0n) is 15.6. The molecule has 0 saturated heterocycles. The second kappa shape index (κ2) is 9.77. The fourth-order valence-electron chi connectivity index (χ4n) is 2.28. The molecule has 6 nitrogen and oxygen atoms in total. The molecule has 146 valence electrons. The maximum atomic E-state index is 12.3. The molecular formula is C19H24N2O4S2. The molecule has 2 aromatic rings. The van der Waals surface area contributed by atoms with Crippen LogP contribution in [0.15, 0.2) is 58.3 Å². The first-order valence-corrected chi connectivity index (χ1v) is 10.9. The number of hydrogen-bond acceptors (Lipinski definition) is 5. The van der Waals surface area contributed by atoms with E-state index in [-0.39, 0.29) is 17.4 Å². The second-order valence-corrected chi connectivity index (χ2v) is 9.25. The summed E-state index contributed by atoms with van der Waals surface area (Å²) >= 11 is 1.63. The molecule has 2 rings (SSSR count). The number of amides is 1. The number of hydrogen-bond donors (Lipinski definition) is 1. The summed E-state index contributed by atoms with van der Waals surface area (Å²) in [6, 6.07) is 13.7. The van der Waals surface area contributed by atoms with Crippen LogP contribution in [0.2, 0.25) is 0 Å². The van der Waals surface area contributed by atoms with Gasteiger partial charge in [0.15, 0.2) is 0 Å². The van der Waals surface area contributed by atoms with Crippen LogP contribution >= 0.6 is 11.8 Å². The van der Waals surface area contributed by atoms with Crippen molar-refractivity contribution in [2.45, 2.75) is 16.7 Å². The molecule has 0 saturated carbocycles. The van der Waals surface area contributed by atoms with E-state index in [1.54, 1.807) is 30.0 Å². The Bertz CT molecular complexity index is 866. The van der Waals surface area contributed by atoms with Gasteiger partial charge in [-0.1, -0.05) is 19.1 Å². The third kappa shape index (κ3) is 5.72. The Morgan fingerprint density at radius 1 is 1.11 bits per heavy atom. The first-order valence-electron chi connectivity index (χ1n) is 8.51. The van der Waals surface area contributed by atoms with E-state index >= 15 is 0 Å². The molecule has 0 fully saturated rings. The summed E-state index contributed by atoms with van der Waals surface area (Å²) < 4.78 is 30.8. The van der Waals surface area contributed by atoms with Crippen LogP contribution in [0.25, 0.3) is 0 Å². The van der Waals surface area contributed by atoms with Crippen LogP contribution in [0.4, 0.5) is 0 Å². The summed E-state index contributed by atoms with van der Waals surface area (Å²) in [6.45, 7) is 2.68. The van der Waals surface area contributed by atoms with Crippen LogP contribution < -0.4 is 10.1 Å². The van der Waals surface area contributed by atoms with E-state index in [2.05, 4.69) is 5.32 Å². The van der Waals surface area contributed by atoms with Crippen molar-refractivity contribution in [2.24, 2.45) is 0 Å². The van der Waals surface area contributed by atoms with Crippen molar-refractivity contribution in [3.05, 3.63) is 54.1 Å². The first-order chi connectivity index (χ1) is 12.9. The molecule has 27 heavy (non-hydrogen) atoms. The highest BCUT2D eigenvalue weighted by atomic mass is 32.2. The van der Waals surface area contributed by atoms with E-state index < -0.39 is 10.0 Å². The minimum Gasteiger partial charge on any atom is -0.492 e. The van der Waals surface area contributed by atoms with Gasteiger partial charge in [-0.15, -0.1) is 11.8 Å². The van der Waals surface area contributed by atoms with Crippen molar-refractivity contribution < 1.29 is 17.9 Å². The van der Waals surface area contributed by atoms with Gasteiger partial charge in [-0.25, -0.2) is 12.7 Å². The Morgan fingerprint density at radius 3 is 2.41 bits per heavy atom. The normalized spacial score (nSPS) is 11.4. The predicted molar refractivity (Wildman–Crippen MR) is 108 cm³/mol. The number of sulfonamides is 1. The molecule has 0 radical (unpaired) electrons. The van der Waals surface area contributed by atoms with E-state index in [9.17, 15) is 13.2 Å². The third-order valence-electron chi connectivity index (χ3n) is 3.69.